The summed E-state index contributed by atoms with van der Waals surface area (Å²) >= 11 is 0. The Labute approximate surface area is 111 Å². The number of non-ortho nitro benzene ring substituents is 1. The molecule has 0 unspecified atom stereocenters. The van der Waals surface area contributed by atoms with Gasteiger partial charge >= 0.3 is 5.69 Å². The molecule has 0 aliphatic rings. The van der Waals surface area contributed by atoms with E-state index in [1.807, 2.05) is 0 Å². The minimum Gasteiger partial charge on any atom is -0.265 e. The Morgan fingerprint density at radius 1 is 1.35 bits per heavy atom. The van der Waals surface area contributed by atoms with Crippen molar-refractivity contribution >= 4 is 11.9 Å². The lowest BCUT2D eigenvalue weighted by atomic mass is 10.2. The van der Waals surface area contributed by atoms with Crippen LogP contribution in [0.3, 0.4) is 0 Å². The predicted octanol–water partition coefficient (Wildman–Crippen LogP) is 0.0304. The number of aromatic nitrogens is 3. The van der Waals surface area contributed by atoms with Gasteiger partial charge in [0.05, 0.1) is 11.1 Å². The number of aryl methyl sites for hydroxylation is 1. The van der Waals surface area contributed by atoms with Crippen molar-refractivity contribution in [2.24, 2.45) is 5.10 Å². The third-order valence-corrected chi connectivity index (χ3v) is 2.44. The van der Waals surface area contributed by atoms with Crippen molar-refractivity contribution < 1.29 is 4.92 Å². The largest absolute Gasteiger partial charge is 0.365 e. The van der Waals surface area contributed by atoms with Gasteiger partial charge in [-0.1, -0.05) is 0 Å². The van der Waals surface area contributed by atoms with Gasteiger partial charge in [-0.05, 0) is 24.6 Å². The number of nitrogens with one attached hydrogen (secondary N) is 1. The first-order chi connectivity index (χ1) is 9.49. The molecule has 0 saturated heterocycles. The second kappa shape index (κ2) is 5.26. The number of nitro groups is 1. The normalized spacial score (nSPS) is 10.8. The average Bonchev–Trinajstić information content (AvgIpc) is 2.43. The molecule has 0 aliphatic heterocycles. The smallest absolute Gasteiger partial charge is 0.265 e. The Morgan fingerprint density at radius 3 is 2.60 bits per heavy atom. The molecule has 9 heteroatoms. The summed E-state index contributed by atoms with van der Waals surface area (Å²) in [5.74, 6) is 0. The molecule has 2 aromatic rings. The van der Waals surface area contributed by atoms with Crippen LogP contribution in [0.25, 0.3) is 0 Å². The van der Waals surface area contributed by atoms with E-state index in [0.717, 1.165) is 0 Å². The highest BCUT2D eigenvalue weighted by Crippen LogP contribution is 2.10. The maximum atomic E-state index is 11.6. The van der Waals surface area contributed by atoms with Gasteiger partial charge in [0.15, 0.2) is 0 Å². The fourth-order valence-corrected chi connectivity index (χ4v) is 1.38. The van der Waals surface area contributed by atoms with Gasteiger partial charge in [-0.25, -0.2) is 9.89 Å². The highest BCUT2D eigenvalue weighted by atomic mass is 16.6. The van der Waals surface area contributed by atoms with Gasteiger partial charge in [0, 0.05) is 12.1 Å². The fraction of sp³-hybridized carbons (Fsp3) is 0.0909. The molecule has 0 saturated carbocycles. The second-order valence-corrected chi connectivity index (χ2v) is 3.82. The summed E-state index contributed by atoms with van der Waals surface area (Å²) in [6.07, 6.45) is 1.25. The number of aromatic amines is 1. The summed E-state index contributed by atoms with van der Waals surface area (Å²) in [5.41, 5.74) is -0.843. The third-order valence-electron chi connectivity index (χ3n) is 2.44. The summed E-state index contributed by atoms with van der Waals surface area (Å²) < 4.78 is 0.629. The van der Waals surface area contributed by atoms with E-state index in [0.29, 0.717) is 10.2 Å². The molecule has 1 aromatic heterocycles. The number of nitro benzene ring substituents is 1. The molecular weight excluding hydrogens is 266 g/mol. The molecule has 20 heavy (non-hydrogen) atoms. The van der Waals surface area contributed by atoms with Gasteiger partial charge < -0.3 is 0 Å². The minimum atomic E-state index is -0.765. The molecule has 0 spiro atoms. The molecule has 0 amide bonds. The molecule has 0 radical (unpaired) electrons. The minimum absolute atomic E-state index is 0.0584. The molecule has 0 atom stereocenters. The number of benzene rings is 1. The summed E-state index contributed by atoms with van der Waals surface area (Å²) in [6, 6.07) is 5.50. The highest BCUT2D eigenvalue weighted by Gasteiger charge is 2.04. The number of H-pyrrole nitrogens is 1. The molecule has 1 aromatic carbocycles. The van der Waals surface area contributed by atoms with Crippen LogP contribution in [-0.2, 0) is 0 Å². The SMILES string of the molecule is Cc1n[nH]c(=O)n(/N=C/c2ccc([N+](=O)[O-])cc2)c1=O. The quantitative estimate of drug-likeness (QED) is 0.481. The van der Waals surface area contributed by atoms with E-state index in [4.69, 9.17) is 0 Å². The molecular formula is C11H9N5O4. The Hall–Kier alpha value is -3.10. The van der Waals surface area contributed by atoms with Crippen LogP contribution in [0.5, 0.6) is 0 Å². The monoisotopic (exact) mass is 275 g/mol. The lowest BCUT2D eigenvalue weighted by Crippen LogP contribution is -2.35. The third kappa shape index (κ3) is 2.66. The van der Waals surface area contributed by atoms with Crippen LogP contribution in [0.2, 0.25) is 0 Å². The zero-order valence-corrected chi connectivity index (χ0v) is 10.3. The van der Waals surface area contributed by atoms with E-state index in [2.05, 4.69) is 15.3 Å². The van der Waals surface area contributed by atoms with E-state index >= 15 is 0 Å². The molecule has 1 heterocycles. The fourth-order valence-electron chi connectivity index (χ4n) is 1.38. The topological polar surface area (TPSA) is 123 Å². The van der Waals surface area contributed by atoms with Crippen molar-refractivity contribution in [2.75, 3.05) is 0 Å². The van der Waals surface area contributed by atoms with Gasteiger partial charge in [0.25, 0.3) is 11.2 Å². The van der Waals surface area contributed by atoms with Gasteiger partial charge in [-0.2, -0.15) is 10.2 Å². The van der Waals surface area contributed by atoms with E-state index in [1.165, 1.54) is 37.4 Å². The van der Waals surface area contributed by atoms with Crippen LogP contribution in [-0.4, -0.2) is 26.0 Å². The number of nitrogens with zero attached hydrogens (tertiary/aromatic N) is 4. The van der Waals surface area contributed by atoms with Gasteiger partial charge in [0.1, 0.15) is 5.69 Å². The summed E-state index contributed by atoms with van der Waals surface area (Å²) in [6.45, 7) is 1.44. The Morgan fingerprint density at radius 2 is 2.00 bits per heavy atom. The summed E-state index contributed by atoms with van der Waals surface area (Å²) in [7, 11) is 0. The van der Waals surface area contributed by atoms with E-state index in [9.17, 15) is 19.7 Å². The van der Waals surface area contributed by atoms with Crippen LogP contribution in [0.1, 0.15) is 11.3 Å². The standard InChI is InChI=1S/C11H9N5O4/c1-7-10(17)15(11(18)14-13-7)12-6-8-2-4-9(5-3-8)16(19)20/h2-6H,1H3,(H,14,18)/b12-6+. The molecule has 0 aliphatic carbocycles. The molecule has 0 bridgehead atoms. The van der Waals surface area contributed by atoms with Crippen LogP contribution >= 0.6 is 0 Å². The Balaban J connectivity index is 2.35. The van der Waals surface area contributed by atoms with Crippen molar-refractivity contribution in [3.8, 4) is 0 Å². The average molecular weight is 275 g/mol. The van der Waals surface area contributed by atoms with Crippen molar-refractivity contribution in [1.82, 2.24) is 14.9 Å². The second-order valence-electron chi connectivity index (χ2n) is 3.82. The van der Waals surface area contributed by atoms with Crippen LogP contribution in [0.4, 0.5) is 5.69 Å². The number of hydrogen-bond donors (Lipinski definition) is 1. The van der Waals surface area contributed by atoms with Crippen molar-refractivity contribution in [1.29, 1.82) is 0 Å². The van der Waals surface area contributed by atoms with E-state index in [-0.39, 0.29) is 11.4 Å². The highest BCUT2D eigenvalue weighted by molar-refractivity contribution is 5.79. The summed E-state index contributed by atoms with van der Waals surface area (Å²) in [4.78, 5) is 33.0. The number of hydrogen-bond acceptors (Lipinski definition) is 6. The first-order valence-electron chi connectivity index (χ1n) is 5.46. The first kappa shape index (κ1) is 13.3. The lowest BCUT2D eigenvalue weighted by molar-refractivity contribution is -0.384. The lowest BCUT2D eigenvalue weighted by Gasteiger charge is -1.97. The maximum Gasteiger partial charge on any atom is 0.365 e. The zero-order chi connectivity index (χ0) is 14.7. The summed E-state index contributed by atoms with van der Waals surface area (Å²) in [5, 5.41) is 19.9. The van der Waals surface area contributed by atoms with Gasteiger partial charge in [-0.3, -0.25) is 14.9 Å². The van der Waals surface area contributed by atoms with E-state index in [1.54, 1.807) is 0 Å². The van der Waals surface area contributed by atoms with Crippen LogP contribution in [0.15, 0.2) is 39.0 Å². The predicted molar refractivity (Wildman–Crippen MR) is 69.9 cm³/mol. The zero-order valence-electron chi connectivity index (χ0n) is 10.3. The molecule has 9 nitrogen and oxygen atoms in total. The number of rotatable bonds is 3. The maximum absolute atomic E-state index is 11.6. The van der Waals surface area contributed by atoms with Crippen molar-refractivity contribution in [3.05, 3.63) is 66.5 Å². The van der Waals surface area contributed by atoms with Gasteiger partial charge in [0.2, 0.25) is 0 Å². The Bertz CT molecular complexity index is 788. The Kier molecular flexibility index (Phi) is 3.51. The van der Waals surface area contributed by atoms with E-state index < -0.39 is 16.2 Å². The van der Waals surface area contributed by atoms with Crippen molar-refractivity contribution in [3.63, 3.8) is 0 Å². The molecule has 102 valence electrons. The van der Waals surface area contributed by atoms with Crippen LogP contribution in [0, 0.1) is 17.0 Å². The molecule has 2 rings (SSSR count). The molecule has 1 N–H and O–H groups in total. The van der Waals surface area contributed by atoms with Crippen LogP contribution < -0.4 is 11.2 Å². The van der Waals surface area contributed by atoms with Gasteiger partial charge in [-0.15, -0.1) is 4.68 Å². The first-order valence-corrected chi connectivity index (χ1v) is 5.46. The molecule has 0 fully saturated rings. The van der Waals surface area contributed by atoms with Crippen molar-refractivity contribution in [2.45, 2.75) is 6.92 Å².